The van der Waals surface area contributed by atoms with E-state index in [2.05, 4.69) is 23.3 Å². The minimum absolute atomic E-state index is 0.331. The molecule has 0 amide bonds. The lowest BCUT2D eigenvalue weighted by Crippen LogP contribution is -2.16. The van der Waals surface area contributed by atoms with Gasteiger partial charge in [0.2, 0.25) is 0 Å². The molecule has 2 aromatic rings. The van der Waals surface area contributed by atoms with Gasteiger partial charge in [-0.2, -0.15) is 0 Å². The number of nitrogens with one attached hydrogen (secondary N) is 1. The van der Waals surface area contributed by atoms with Crippen molar-refractivity contribution in [1.29, 1.82) is 0 Å². The maximum Gasteiger partial charge on any atom is 0.140 e. The summed E-state index contributed by atoms with van der Waals surface area (Å²) in [6.07, 6.45) is 2.84. The van der Waals surface area contributed by atoms with Crippen LogP contribution in [0.1, 0.15) is 30.0 Å². The quantitative estimate of drug-likeness (QED) is 0.866. The Morgan fingerprint density at radius 1 is 1.39 bits per heavy atom. The Balaban J connectivity index is 2.12. The smallest absolute Gasteiger partial charge is 0.140 e. The third-order valence-corrected chi connectivity index (χ3v) is 3.64. The lowest BCUT2D eigenvalue weighted by Gasteiger charge is -2.18. The molecule has 18 heavy (non-hydrogen) atoms. The molecule has 0 radical (unpaired) electrons. The summed E-state index contributed by atoms with van der Waals surface area (Å²) in [5, 5.41) is 6.28. The Morgan fingerprint density at radius 3 is 2.89 bits per heavy atom. The second kappa shape index (κ2) is 6.52. The van der Waals surface area contributed by atoms with E-state index in [9.17, 15) is 0 Å². The standard InChI is InChI=1S/C14H18N2OS/c1-3-12(15-2)11-6-4-5-7-13(11)17-10-14-16-8-9-18-14/h4-9,12,15H,3,10H2,1-2H3. The van der Waals surface area contributed by atoms with Gasteiger partial charge in [0.15, 0.2) is 0 Å². The molecule has 1 atom stereocenters. The molecule has 0 aliphatic heterocycles. The second-order valence-electron chi connectivity index (χ2n) is 4.00. The van der Waals surface area contributed by atoms with Crippen LogP contribution in [0.15, 0.2) is 35.8 Å². The number of ether oxygens (including phenoxy) is 1. The summed E-state index contributed by atoms with van der Waals surface area (Å²) in [5.41, 5.74) is 1.21. The zero-order valence-corrected chi connectivity index (χ0v) is 11.5. The second-order valence-corrected chi connectivity index (χ2v) is 4.98. The molecular formula is C14H18N2OS. The van der Waals surface area contributed by atoms with E-state index < -0.39 is 0 Å². The summed E-state index contributed by atoms with van der Waals surface area (Å²) in [5.74, 6) is 0.939. The molecule has 3 nitrogen and oxygen atoms in total. The molecule has 1 aromatic heterocycles. The molecule has 4 heteroatoms. The predicted molar refractivity (Wildman–Crippen MR) is 75.0 cm³/mol. The Labute approximate surface area is 112 Å². The molecule has 0 aliphatic rings. The Bertz CT molecular complexity index is 466. The molecule has 1 unspecified atom stereocenters. The molecule has 0 saturated heterocycles. The van der Waals surface area contributed by atoms with E-state index in [0.717, 1.165) is 17.2 Å². The van der Waals surface area contributed by atoms with E-state index in [4.69, 9.17) is 4.74 Å². The first kappa shape index (κ1) is 13.1. The molecule has 96 valence electrons. The zero-order chi connectivity index (χ0) is 12.8. The number of para-hydroxylation sites is 1. The van der Waals surface area contributed by atoms with Crippen LogP contribution in [-0.2, 0) is 6.61 Å². The minimum Gasteiger partial charge on any atom is -0.486 e. The van der Waals surface area contributed by atoms with E-state index >= 15 is 0 Å². The van der Waals surface area contributed by atoms with Crippen molar-refractivity contribution in [2.45, 2.75) is 26.0 Å². The fraction of sp³-hybridized carbons (Fsp3) is 0.357. The van der Waals surface area contributed by atoms with Gasteiger partial charge in [-0.25, -0.2) is 4.98 Å². The van der Waals surface area contributed by atoms with E-state index in [1.807, 2.05) is 30.6 Å². The number of thiazole rings is 1. The van der Waals surface area contributed by atoms with Gasteiger partial charge < -0.3 is 10.1 Å². The first-order valence-electron chi connectivity index (χ1n) is 6.12. The Kier molecular flexibility index (Phi) is 4.73. The molecule has 1 heterocycles. The summed E-state index contributed by atoms with van der Waals surface area (Å²) < 4.78 is 5.87. The number of aromatic nitrogens is 1. The molecule has 0 aliphatic carbocycles. The summed E-state index contributed by atoms with van der Waals surface area (Å²) in [6, 6.07) is 8.51. The van der Waals surface area contributed by atoms with E-state index in [1.165, 1.54) is 5.56 Å². The van der Waals surface area contributed by atoms with E-state index in [-0.39, 0.29) is 0 Å². The average Bonchev–Trinajstić information content (AvgIpc) is 2.92. The van der Waals surface area contributed by atoms with Crippen molar-refractivity contribution < 1.29 is 4.74 Å². The van der Waals surface area contributed by atoms with E-state index in [1.54, 1.807) is 17.5 Å². The predicted octanol–water partition coefficient (Wildman–Crippen LogP) is 3.39. The van der Waals surface area contributed by atoms with Crippen LogP contribution >= 0.6 is 11.3 Å². The maximum atomic E-state index is 5.87. The summed E-state index contributed by atoms with van der Waals surface area (Å²) in [4.78, 5) is 4.22. The lowest BCUT2D eigenvalue weighted by molar-refractivity contribution is 0.298. The summed E-state index contributed by atoms with van der Waals surface area (Å²) in [6.45, 7) is 2.70. The van der Waals surface area contributed by atoms with Crippen molar-refractivity contribution in [3.8, 4) is 5.75 Å². The van der Waals surface area contributed by atoms with Crippen LogP contribution in [0.4, 0.5) is 0 Å². The van der Waals surface area contributed by atoms with Crippen LogP contribution in [-0.4, -0.2) is 12.0 Å². The molecule has 1 N–H and O–H groups in total. The van der Waals surface area contributed by atoms with Crippen molar-refractivity contribution in [2.75, 3.05) is 7.05 Å². The van der Waals surface area contributed by atoms with Crippen molar-refractivity contribution in [2.24, 2.45) is 0 Å². The van der Waals surface area contributed by atoms with Crippen molar-refractivity contribution in [3.63, 3.8) is 0 Å². The number of hydrogen-bond acceptors (Lipinski definition) is 4. The normalized spacial score (nSPS) is 12.3. The Hall–Kier alpha value is -1.39. The summed E-state index contributed by atoms with van der Waals surface area (Å²) >= 11 is 1.62. The highest BCUT2D eigenvalue weighted by atomic mass is 32.1. The number of benzene rings is 1. The number of rotatable bonds is 6. The zero-order valence-electron chi connectivity index (χ0n) is 10.7. The van der Waals surface area contributed by atoms with Crippen LogP contribution in [0.5, 0.6) is 5.75 Å². The highest BCUT2D eigenvalue weighted by Crippen LogP contribution is 2.27. The number of hydrogen-bond donors (Lipinski definition) is 1. The van der Waals surface area contributed by atoms with Crippen molar-refractivity contribution >= 4 is 11.3 Å². The minimum atomic E-state index is 0.331. The SMILES string of the molecule is CCC(NC)c1ccccc1OCc1nccs1. The van der Waals surface area contributed by atoms with Crippen LogP contribution in [0, 0.1) is 0 Å². The maximum absolute atomic E-state index is 5.87. The average molecular weight is 262 g/mol. The van der Waals surface area contributed by atoms with Crippen LogP contribution in [0.25, 0.3) is 0 Å². The topological polar surface area (TPSA) is 34.1 Å². The van der Waals surface area contributed by atoms with Gasteiger partial charge in [-0.3, -0.25) is 0 Å². The molecule has 0 spiro atoms. The van der Waals surface area contributed by atoms with Gasteiger partial charge in [0, 0.05) is 23.2 Å². The van der Waals surface area contributed by atoms with Gasteiger partial charge in [0.05, 0.1) is 0 Å². The summed E-state index contributed by atoms with van der Waals surface area (Å²) in [7, 11) is 1.98. The van der Waals surface area contributed by atoms with Crippen LogP contribution in [0.2, 0.25) is 0 Å². The van der Waals surface area contributed by atoms with Crippen LogP contribution in [0.3, 0.4) is 0 Å². The molecule has 0 saturated carbocycles. The molecule has 0 bridgehead atoms. The molecule has 0 fully saturated rings. The molecule has 2 rings (SSSR count). The largest absolute Gasteiger partial charge is 0.486 e. The van der Waals surface area contributed by atoms with Gasteiger partial charge >= 0.3 is 0 Å². The van der Waals surface area contributed by atoms with Crippen molar-refractivity contribution in [3.05, 3.63) is 46.4 Å². The number of nitrogens with zero attached hydrogens (tertiary/aromatic N) is 1. The third-order valence-electron chi connectivity index (χ3n) is 2.89. The van der Waals surface area contributed by atoms with Crippen LogP contribution < -0.4 is 10.1 Å². The highest BCUT2D eigenvalue weighted by Gasteiger charge is 2.12. The monoisotopic (exact) mass is 262 g/mol. The fourth-order valence-electron chi connectivity index (χ4n) is 1.94. The van der Waals surface area contributed by atoms with Crippen molar-refractivity contribution in [1.82, 2.24) is 10.3 Å². The third kappa shape index (κ3) is 3.09. The molecular weight excluding hydrogens is 244 g/mol. The first-order chi connectivity index (χ1) is 8.85. The Morgan fingerprint density at radius 2 is 2.22 bits per heavy atom. The van der Waals surface area contributed by atoms with Gasteiger partial charge in [-0.05, 0) is 19.5 Å². The van der Waals surface area contributed by atoms with E-state index in [0.29, 0.717) is 12.6 Å². The van der Waals surface area contributed by atoms with Gasteiger partial charge in [0.1, 0.15) is 17.4 Å². The van der Waals surface area contributed by atoms with Gasteiger partial charge in [0.25, 0.3) is 0 Å². The molecule has 1 aromatic carbocycles. The first-order valence-corrected chi connectivity index (χ1v) is 7.00. The van der Waals surface area contributed by atoms with Gasteiger partial charge in [-0.15, -0.1) is 11.3 Å². The highest BCUT2D eigenvalue weighted by molar-refractivity contribution is 7.09. The lowest BCUT2D eigenvalue weighted by atomic mass is 10.0. The fourth-order valence-corrected chi connectivity index (χ4v) is 2.47. The van der Waals surface area contributed by atoms with Gasteiger partial charge in [-0.1, -0.05) is 25.1 Å².